The second-order valence-electron chi connectivity index (χ2n) is 4.24. The second kappa shape index (κ2) is 8.39. The lowest BCUT2D eigenvalue weighted by atomic mass is 10.1. The van der Waals surface area contributed by atoms with E-state index in [1.165, 1.54) is 12.8 Å². The average Bonchev–Trinajstić information content (AvgIpc) is 2.33. The normalized spacial score (nSPS) is 21.7. The van der Waals surface area contributed by atoms with Crippen molar-refractivity contribution in [1.82, 2.24) is 4.90 Å². The molecule has 1 unspecified atom stereocenters. The van der Waals surface area contributed by atoms with Crippen molar-refractivity contribution in [2.75, 3.05) is 32.8 Å². The van der Waals surface area contributed by atoms with Gasteiger partial charge in [-0.2, -0.15) is 0 Å². The third-order valence-corrected chi connectivity index (χ3v) is 2.82. The quantitative estimate of drug-likeness (QED) is 0.290. The number of likely N-dealkylation sites (tertiary alicyclic amines) is 1. The minimum absolute atomic E-state index is 0.410. The molecule has 1 aliphatic rings. The maximum absolute atomic E-state index is 8.17. The van der Waals surface area contributed by atoms with Gasteiger partial charge in [-0.25, -0.2) is 0 Å². The monoisotopic (exact) mass is 226 g/mol. The van der Waals surface area contributed by atoms with E-state index in [-0.39, 0.29) is 0 Å². The van der Waals surface area contributed by atoms with Crippen molar-refractivity contribution in [3.63, 3.8) is 0 Å². The van der Waals surface area contributed by atoms with Crippen LogP contribution in [0.5, 0.6) is 0 Å². The van der Waals surface area contributed by atoms with Gasteiger partial charge in [0, 0.05) is 24.6 Å². The predicted octanol–water partition coefficient (Wildman–Crippen LogP) is 2.58. The lowest BCUT2D eigenvalue weighted by Gasteiger charge is -2.32. The van der Waals surface area contributed by atoms with Crippen LogP contribution in [0.25, 0.3) is 10.4 Å². The molecule has 0 spiro atoms. The fraction of sp³-hybridized carbons (Fsp3) is 1.00. The summed E-state index contributed by atoms with van der Waals surface area (Å²) in [5.74, 6) is 0. The Kier molecular flexibility index (Phi) is 6.97. The lowest BCUT2D eigenvalue weighted by molar-refractivity contribution is -0.0000589. The Morgan fingerprint density at radius 1 is 1.56 bits per heavy atom. The van der Waals surface area contributed by atoms with Gasteiger partial charge >= 0.3 is 0 Å². The third-order valence-electron chi connectivity index (χ3n) is 2.82. The van der Waals surface area contributed by atoms with Gasteiger partial charge in [0.1, 0.15) is 0 Å². The van der Waals surface area contributed by atoms with Crippen molar-refractivity contribution in [1.29, 1.82) is 0 Å². The zero-order valence-electron chi connectivity index (χ0n) is 10.1. The fourth-order valence-corrected chi connectivity index (χ4v) is 2.05. The Morgan fingerprint density at radius 3 is 3.19 bits per heavy atom. The highest BCUT2D eigenvalue weighted by Crippen LogP contribution is 2.13. The van der Waals surface area contributed by atoms with Crippen LogP contribution < -0.4 is 0 Å². The summed E-state index contributed by atoms with van der Waals surface area (Å²) in [5, 5.41) is 3.55. The van der Waals surface area contributed by atoms with Crippen LogP contribution in [0.1, 0.15) is 32.6 Å². The Balaban J connectivity index is 2.14. The summed E-state index contributed by atoms with van der Waals surface area (Å²) < 4.78 is 5.77. The van der Waals surface area contributed by atoms with Crippen LogP contribution in [-0.2, 0) is 4.74 Å². The van der Waals surface area contributed by atoms with E-state index in [1.807, 2.05) is 0 Å². The molecule has 0 saturated carbocycles. The molecule has 0 aliphatic carbocycles. The SMILES string of the molecule is CCCOC1CCCN(CCCN=[N+]=[N-])C1. The number of hydrogen-bond donors (Lipinski definition) is 0. The van der Waals surface area contributed by atoms with Gasteiger partial charge in [-0.05, 0) is 44.3 Å². The van der Waals surface area contributed by atoms with Crippen LogP contribution in [0, 0.1) is 0 Å². The first-order chi connectivity index (χ1) is 7.86. The highest BCUT2D eigenvalue weighted by molar-refractivity contribution is 4.73. The third kappa shape index (κ3) is 5.35. The molecule has 0 N–H and O–H groups in total. The number of piperidine rings is 1. The largest absolute Gasteiger partial charge is 0.377 e. The summed E-state index contributed by atoms with van der Waals surface area (Å²) in [7, 11) is 0. The summed E-state index contributed by atoms with van der Waals surface area (Å²) in [6, 6.07) is 0. The molecule has 5 heteroatoms. The molecule has 5 nitrogen and oxygen atoms in total. The van der Waals surface area contributed by atoms with Gasteiger partial charge in [-0.15, -0.1) is 0 Å². The van der Waals surface area contributed by atoms with E-state index in [1.54, 1.807) is 0 Å². The zero-order valence-corrected chi connectivity index (χ0v) is 10.1. The number of hydrogen-bond acceptors (Lipinski definition) is 3. The van der Waals surface area contributed by atoms with E-state index >= 15 is 0 Å². The van der Waals surface area contributed by atoms with Gasteiger partial charge in [-0.1, -0.05) is 12.0 Å². The van der Waals surface area contributed by atoms with Gasteiger partial charge in [-0.3, -0.25) is 0 Å². The number of rotatable bonds is 7. The van der Waals surface area contributed by atoms with Crippen molar-refractivity contribution in [3.8, 4) is 0 Å². The Bertz CT molecular complexity index is 228. The van der Waals surface area contributed by atoms with E-state index in [9.17, 15) is 0 Å². The zero-order chi connectivity index (χ0) is 11.6. The van der Waals surface area contributed by atoms with E-state index in [0.29, 0.717) is 12.6 Å². The van der Waals surface area contributed by atoms with Crippen LogP contribution >= 0.6 is 0 Å². The molecule has 1 fully saturated rings. The predicted molar refractivity (Wildman–Crippen MR) is 64.3 cm³/mol. The van der Waals surface area contributed by atoms with E-state index in [4.69, 9.17) is 10.3 Å². The molecule has 16 heavy (non-hydrogen) atoms. The second-order valence-corrected chi connectivity index (χ2v) is 4.24. The summed E-state index contributed by atoms with van der Waals surface area (Å²) in [4.78, 5) is 5.17. The summed E-state index contributed by atoms with van der Waals surface area (Å²) >= 11 is 0. The van der Waals surface area contributed by atoms with Crippen molar-refractivity contribution in [2.45, 2.75) is 38.7 Å². The van der Waals surface area contributed by atoms with Gasteiger partial charge < -0.3 is 9.64 Å². The molecular formula is C11H22N4O. The minimum Gasteiger partial charge on any atom is -0.377 e. The van der Waals surface area contributed by atoms with Crippen molar-refractivity contribution in [3.05, 3.63) is 10.4 Å². The molecule has 0 aromatic rings. The molecule has 0 aromatic carbocycles. The molecule has 0 radical (unpaired) electrons. The fourth-order valence-electron chi connectivity index (χ4n) is 2.05. The van der Waals surface area contributed by atoms with Crippen molar-refractivity contribution >= 4 is 0 Å². The average molecular weight is 226 g/mol. The Hall–Kier alpha value is -0.770. The van der Waals surface area contributed by atoms with Crippen LogP contribution in [0.3, 0.4) is 0 Å². The molecule has 1 rings (SSSR count). The van der Waals surface area contributed by atoms with Crippen LogP contribution in [0.15, 0.2) is 5.11 Å². The summed E-state index contributed by atoms with van der Waals surface area (Å²) in [5.41, 5.74) is 8.17. The van der Waals surface area contributed by atoms with Crippen molar-refractivity contribution < 1.29 is 4.74 Å². The highest BCUT2D eigenvalue weighted by atomic mass is 16.5. The lowest BCUT2D eigenvalue weighted by Crippen LogP contribution is -2.40. The standard InChI is InChI=1S/C11H22N4O/c1-2-9-16-11-5-3-7-15(10-11)8-4-6-13-14-12/h11H,2-10H2,1H3. The molecule has 1 saturated heterocycles. The minimum atomic E-state index is 0.410. The molecule has 0 bridgehead atoms. The Labute approximate surface area is 97.4 Å². The van der Waals surface area contributed by atoms with Crippen LogP contribution in [0.4, 0.5) is 0 Å². The molecule has 1 aliphatic heterocycles. The van der Waals surface area contributed by atoms with Gasteiger partial charge in [0.15, 0.2) is 0 Å². The Morgan fingerprint density at radius 2 is 2.44 bits per heavy atom. The molecule has 92 valence electrons. The van der Waals surface area contributed by atoms with Gasteiger partial charge in [0.05, 0.1) is 6.10 Å². The smallest absolute Gasteiger partial charge is 0.0702 e. The van der Waals surface area contributed by atoms with E-state index < -0.39 is 0 Å². The first-order valence-electron chi connectivity index (χ1n) is 6.21. The molecule has 1 heterocycles. The number of azide groups is 1. The maximum Gasteiger partial charge on any atom is 0.0702 e. The van der Waals surface area contributed by atoms with Crippen LogP contribution in [-0.4, -0.2) is 43.8 Å². The summed E-state index contributed by atoms with van der Waals surface area (Å²) in [6.07, 6.45) is 4.86. The summed E-state index contributed by atoms with van der Waals surface area (Å²) in [6.45, 7) is 6.83. The number of ether oxygens (including phenoxy) is 1. The molecule has 0 aromatic heterocycles. The molecule has 1 atom stereocenters. The first-order valence-corrected chi connectivity index (χ1v) is 6.21. The van der Waals surface area contributed by atoms with E-state index in [0.717, 1.165) is 39.1 Å². The topological polar surface area (TPSA) is 61.2 Å². The molecule has 0 amide bonds. The van der Waals surface area contributed by atoms with Gasteiger partial charge in [0.25, 0.3) is 0 Å². The first kappa shape index (κ1) is 13.3. The van der Waals surface area contributed by atoms with Gasteiger partial charge in [0.2, 0.25) is 0 Å². The van der Waals surface area contributed by atoms with Crippen LogP contribution in [0.2, 0.25) is 0 Å². The maximum atomic E-state index is 8.17. The molecular weight excluding hydrogens is 204 g/mol. The highest BCUT2D eigenvalue weighted by Gasteiger charge is 2.19. The van der Waals surface area contributed by atoms with E-state index in [2.05, 4.69) is 21.8 Å². The van der Waals surface area contributed by atoms with Crippen molar-refractivity contribution in [2.24, 2.45) is 5.11 Å². The number of nitrogens with zero attached hydrogens (tertiary/aromatic N) is 4.